The molecule has 0 saturated carbocycles. The lowest BCUT2D eigenvalue weighted by Gasteiger charge is -2.43. The Labute approximate surface area is 226 Å². The molecular formula is C29H36N4O3SSi. The second kappa shape index (κ2) is 11.7. The van der Waals surface area contributed by atoms with Gasteiger partial charge in [-0.1, -0.05) is 118 Å². The van der Waals surface area contributed by atoms with Gasteiger partial charge in [0.15, 0.2) is 0 Å². The number of sulfone groups is 1. The molecule has 0 bridgehead atoms. The van der Waals surface area contributed by atoms with Gasteiger partial charge in [-0.25, -0.2) is 8.42 Å². The topological polar surface area (TPSA) is 87.0 Å². The van der Waals surface area contributed by atoms with Gasteiger partial charge >= 0.3 is 0 Å². The van der Waals surface area contributed by atoms with Gasteiger partial charge in [0.25, 0.3) is 13.5 Å². The van der Waals surface area contributed by atoms with E-state index in [-0.39, 0.29) is 21.9 Å². The lowest BCUT2D eigenvalue weighted by molar-refractivity contribution is 0.227. The SMILES string of the molecule is CC[C@H](CCS(=O)(=O)c1nnnn1-c1ccccc1)CO[Si](c1ccccc1)(c1ccccc1)C(C)(C)C. The van der Waals surface area contributed by atoms with E-state index in [0.717, 1.165) is 6.42 Å². The van der Waals surface area contributed by atoms with Crippen molar-refractivity contribution in [2.24, 2.45) is 5.92 Å². The van der Waals surface area contributed by atoms with Crippen LogP contribution in [0.25, 0.3) is 5.69 Å². The number of aromatic nitrogens is 4. The van der Waals surface area contributed by atoms with Crippen LogP contribution in [0, 0.1) is 5.92 Å². The van der Waals surface area contributed by atoms with E-state index in [1.165, 1.54) is 15.1 Å². The Bertz CT molecular complexity index is 1370. The fourth-order valence-corrected chi connectivity index (χ4v) is 11.0. The molecule has 0 saturated heterocycles. The highest BCUT2D eigenvalue weighted by atomic mass is 32.2. The Hall–Kier alpha value is -3.14. The van der Waals surface area contributed by atoms with Gasteiger partial charge in [0.05, 0.1) is 11.4 Å². The fourth-order valence-electron chi connectivity index (χ4n) is 4.93. The number of hydrogen-bond acceptors (Lipinski definition) is 6. The first-order valence-electron chi connectivity index (χ1n) is 13.0. The second-order valence-corrected chi connectivity index (χ2v) is 16.9. The van der Waals surface area contributed by atoms with E-state index in [4.69, 9.17) is 4.43 Å². The Morgan fingerprint density at radius 2 is 1.39 bits per heavy atom. The minimum absolute atomic E-state index is 0.0528. The first-order chi connectivity index (χ1) is 18.2. The highest BCUT2D eigenvalue weighted by Gasteiger charge is 2.50. The zero-order valence-electron chi connectivity index (χ0n) is 22.5. The van der Waals surface area contributed by atoms with Gasteiger partial charge in [0, 0.05) is 6.61 Å². The standard InChI is InChI=1S/C29H36N4O3SSi/c1-5-24(21-22-37(34,35)28-30-31-32-33(28)25-15-9-6-10-16-25)23-36-38(29(2,3)4,26-17-11-7-12-18-26)27-19-13-8-14-20-27/h6-20,24H,5,21-23H2,1-4H3/t24-/m1/s1. The number of benzene rings is 3. The maximum absolute atomic E-state index is 13.3. The molecular weight excluding hydrogens is 512 g/mol. The summed E-state index contributed by atoms with van der Waals surface area (Å²) in [7, 11) is -6.40. The predicted octanol–water partition coefficient (Wildman–Crippen LogP) is 4.43. The van der Waals surface area contributed by atoms with Crippen molar-refractivity contribution < 1.29 is 12.8 Å². The summed E-state index contributed by atoms with van der Waals surface area (Å²) in [6, 6.07) is 30.0. The summed E-state index contributed by atoms with van der Waals surface area (Å²) in [6.45, 7) is 9.29. The first-order valence-corrected chi connectivity index (χ1v) is 16.6. The maximum Gasteiger partial charge on any atom is 0.272 e. The van der Waals surface area contributed by atoms with Gasteiger partial charge in [0.2, 0.25) is 9.84 Å². The Kier molecular flexibility index (Phi) is 8.60. The predicted molar refractivity (Wildman–Crippen MR) is 153 cm³/mol. The molecule has 200 valence electrons. The molecule has 3 aromatic carbocycles. The third-order valence-electron chi connectivity index (χ3n) is 7.04. The fraction of sp³-hybridized carbons (Fsp3) is 0.345. The van der Waals surface area contributed by atoms with Gasteiger partial charge < -0.3 is 4.43 Å². The third kappa shape index (κ3) is 5.79. The molecule has 0 spiro atoms. The molecule has 0 fully saturated rings. The van der Waals surface area contributed by atoms with Gasteiger partial charge in [0.1, 0.15) is 0 Å². The monoisotopic (exact) mass is 548 g/mol. The quantitative estimate of drug-likeness (QED) is 0.258. The van der Waals surface area contributed by atoms with E-state index in [0.29, 0.717) is 18.7 Å². The largest absolute Gasteiger partial charge is 0.407 e. The van der Waals surface area contributed by atoms with Crippen molar-refractivity contribution in [1.82, 2.24) is 20.2 Å². The number of hydrogen-bond donors (Lipinski definition) is 0. The van der Waals surface area contributed by atoms with Crippen LogP contribution >= 0.6 is 0 Å². The first kappa shape index (κ1) is 27.9. The summed E-state index contributed by atoms with van der Waals surface area (Å²) in [6.07, 6.45) is 1.26. The highest BCUT2D eigenvalue weighted by Crippen LogP contribution is 2.37. The van der Waals surface area contributed by atoms with Crippen LogP contribution in [-0.2, 0) is 14.3 Å². The lowest BCUT2D eigenvalue weighted by atomic mass is 10.1. The molecule has 0 N–H and O–H groups in total. The molecule has 38 heavy (non-hydrogen) atoms. The molecule has 1 atom stereocenters. The van der Waals surface area contributed by atoms with Crippen molar-refractivity contribution >= 4 is 28.5 Å². The number of para-hydroxylation sites is 1. The smallest absolute Gasteiger partial charge is 0.272 e. The summed E-state index contributed by atoms with van der Waals surface area (Å²) >= 11 is 0. The summed E-state index contributed by atoms with van der Waals surface area (Å²) < 4.78 is 35.0. The normalized spacial score (nSPS) is 13.4. The van der Waals surface area contributed by atoms with Crippen LogP contribution in [0.3, 0.4) is 0 Å². The summed E-state index contributed by atoms with van der Waals surface area (Å²) in [4.78, 5) is 0. The average molecular weight is 549 g/mol. The van der Waals surface area contributed by atoms with Crippen molar-refractivity contribution in [2.75, 3.05) is 12.4 Å². The van der Waals surface area contributed by atoms with Crippen LogP contribution in [0.1, 0.15) is 40.5 Å². The van der Waals surface area contributed by atoms with Crippen LogP contribution in [-0.4, -0.2) is 49.3 Å². The van der Waals surface area contributed by atoms with Gasteiger partial charge in [-0.2, -0.15) is 4.68 Å². The molecule has 0 unspecified atom stereocenters. The van der Waals surface area contributed by atoms with Crippen LogP contribution in [0.2, 0.25) is 5.04 Å². The molecule has 9 heteroatoms. The van der Waals surface area contributed by atoms with Gasteiger partial charge in [-0.15, -0.1) is 0 Å². The molecule has 0 aliphatic heterocycles. The molecule has 0 amide bonds. The van der Waals surface area contributed by atoms with E-state index in [1.807, 2.05) is 30.3 Å². The molecule has 1 aromatic heterocycles. The molecule has 4 rings (SSSR count). The lowest BCUT2D eigenvalue weighted by Crippen LogP contribution is -2.66. The minimum atomic E-state index is -3.70. The van der Waals surface area contributed by atoms with Crippen molar-refractivity contribution in [1.29, 1.82) is 0 Å². The van der Waals surface area contributed by atoms with Crippen LogP contribution in [0.5, 0.6) is 0 Å². The maximum atomic E-state index is 13.3. The molecule has 0 aliphatic carbocycles. The van der Waals surface area contributed by atoms with Crippen molar-refractivity contribution in [3.05, 3.63) is 91.0 Å². The summed E-state index contributed by atoms with van der Waals surface area (Å²) in [5.74, 6) is 0.00972. The zero-order chi connectivity index (χ0) is 27.2. The van der Waals surface area contributed by atoms with Crippen LogP contribution in [0.15, 0.2) is 96.2 Å². The molecule has 7 nitrogen and oxygen atoms in total. The Balaban J connectivity index is 1.57. The molecule has 0 aliphatic rings. The average Bonchev–Trinajstić information content (AvgIpc) is 3.43. The highest BCUT2D eigenvalue weighted by molar-refractivity contribution is 7.91. The summed E-state index contributed by atoms with van der Waals surface area (Å²) in [5.41, 5.74) is 0.609. The second-order valence-electron chi connectivity index (χ2n) is 10.6. The molecule has 0 radical (unpaired) electrons. The van der Waals surface area contributed by atoms with Gasteiger partial charge in [-0.3, -0.25) is 0 Å². The number of tetrazole rings is 1. The molecule has 1 heterocycles. The van der Waals surface area contributed by atoms with E-state index in [2.05, 4.69) is 91.8 Å². The van der Waals surface area contributed by atoms with Crippen molar-refractivity contribution in [3.8, 4) is 5.69 Å². The zero-order valence-corrected chi connectivity index (χ0v) is 24.3. The van der Waals surface area contributed by atoms with Crippen molar-refractivity contribution in [2.45, 2.75) is 50.7 Å². The minimum Gasteiger partial charge on any atom is -0.407 e. The van der Waals surface area contributed by atoms with E-state index >= 15 is 0 Å². The number of nitrogens with zero attached hydrogens (tertiary/aromatic N) is 4. The van der Waals surface area contributed by atoms with Gasteiger partial charge in [-0.05, 0) is 50.3 Å². The Morgan fingerprint density at radius 3 is 1.89 bits per heavy atom. The van der Waals surface area contributed by atoms with Crippen molar-refractivity contribution in [3.63, 3.8) is 0 Å². The number of rotatable bonds is 11. The van der Waals surface area contributed by atoms with Crippen LogP contribution < -0.4 is 10.4 Å². The van der Waals surface area contributed by atoms with E-state index in [9.17, 15) is 8.42 Å². The van der Waals surface area contributed by atoms with E-state index in [1.54, 1.807) is 12.1 Å². The third-order valence-corrected chi connectivity index (χ3v) is 13.6. The van der Waals surface area contributed by atoms with E-state index < -0.39 is 18.2 Å². The Morgan fingerprint density at radius 1 is 0.868 bits per heavy atom. The summed E-state index contributed by atoms with van der Waals surface area (Å²) in [5, 5.41) is 13.6. The molecule has 4 aromatic rings. The van der Waals surface area contributed by atoms with Crippen LogP contribution in [0.4, 0.5) is 0 Å².